The monoisotopic (exact) mass is 270 g/mol. The molecule has 0 aliphatic heterocycles. The van der Waals surface area contributed by atoms with Gasteiger partial charge in [-0.2, -0.15) is 0 Å². The lowest BCUT2D eigenvalue weighted by Crippen LogP contribution is -2.59. The molecule has 0 bridgehead atoms. The number of carboxylic acids is 1. The maximum atomic E-state index is 11.7. The minimum atomic E-state index is -1.08. The fourth-order valence-electron chi connectivity index (χ4n) is 1.81. The molecule has 0 saturated heterocycles. The van der Waals surface area contributed by atoms with Crippen LogP contribution < -0.4 is 10.6 Å². The summed E-state index contributed by atoms with van der Waals surface area (Å²) in [5.74, 6) is -1.45. The maximum absolute atomic E-state index is 11.7. The van der Waals surface area contributed by atoms with Gasteiger partial charge >= 0.3 is 5.97 Å². The van der Waals surface area contributed by atoms with Crippen molar-refractivity contribution in [2.75, 3.05) is 6.54 Å². The van der Waals surface area contributed by atoms with Crippen LogP contribution in [0.2, 0.25) is 0 Å². The van der Waals surface area contributed by atoms with Gasteiger partial charge in [0.2, 0.25) is 11.8 Å². The first-order valence-electron chi connectivity index (χ1n) is 6.50. The molecule has 3 N–H and O–H groups in total. The molecule has 0 heterocycles. The highest BCUT2D eigenvalue weighted by atomic mass is 16.4. The van der Waals surface area contributed by atoms with E-state index in [9.17, 15) is 14.4 Å². The normalized spacial score (nSPS) is 17.2. The van der Waals surface area contributed by atoms with Crippen molar-refractivity contribution < 1.29 is 19.5 Å². The number of hydrogen-bond donors (Lipinski definition) is 3. The Morgan fingerprint density at radius 1 is 1.21 bits per heavy atom. The standard InChI is InChI=1S/C13H22N2O4/c1-12(2,3)10(17)14-8-5-9(16)15-13(11(18)19)6-4-7-13/h4-8H2,1-3H3,(H,14,17)(H,15,16)(H,18,19). The molecule has 0 spiro atoms. The fraction of sp³-hybridized carbons (Fsp3) is 0.769. The number of rotatable bonds is 5. The van der Waals surface area contributed by atoms with Gasteiger partial charge in [-0.1, -0.05) is 20.8 Å². The quantitative estimate of drug-likeness (QED) is 0.684. The highest BCUT2D eigenvalue weighted by molar-refractivity contribution is 5.88. The third kappa shape index (κ3) is 3.94. The van der Waals surface area contributed by atoms with Crippen molar-refractivity contribution in [3.8, 4) is 0 Å². The predicted octanol–water partition coefficient (Wildman–Crippen LogP) is 0.662. The zero-order valence-corrected chi connectivity index (χ0v) is 11.7. The highest BCUT2D eigenvalue weighted by Gasteiger charge is 2.45. The Kier molecular flexibility index (Phi) is 4.55. The first-order valence-corrected chi connectivity index (χ1v) is 6.50. The lowest BCUT2D eigenvalue weighted by Gasteiger charge is -2.38. The number of aliphatic carboxylic acids is 1. The summed E-state index contributed by atoms with van der Waals surface area (Å²) in [5, 5.41) is 14.3. The van der Waals surface area contributed by atoms with Gasteiger partial charge in [0.1, 0.15) is 5.54 Å². The largest absolute Gasteiger partial charge is 0.480 e. The molecule has 2 amide bonds. The fourth-order valence-corrected chi connectivity index (χ4v) is 1.81. The summed E-state index contributed by atoms with van der Waals surface area (Å²) in [5.41, 5.74) is -1.57. The van der Waals surface area contributed by atoms with Crippen molar-refractivity contribution in [3.05, 3.63) is 0 Å². The minimum absolute atomic E-state index is 0.0941. The second-order valence-corrected chi connectivity index (χ2v) is 6.04. The van der Waals surface area contributed by atoms with E-state index in [0.717, 1.165) is 6.42 Å². The van der Waals surface area contributed by atoms with E-state index in [1.54, 1.807) is 20.8 Å². The Morgan fingerprint density at radius 3 is 2.16 bits per heavy atom. The van der Waals surface area contributed by atoms with E-state index in [2.05, 4.69) is 10.6 Å². The van der Waals surface area contributed by atoms with Gasteiger partial charge in [-0.05, 0) is 19.3 Å². The molecule has 0 aromatic heterocycles. The van der Waals surface area contributed by atoms with Gasteiger partial charge in [0.05, 0.1) is 0 Å². The topological polar surface area (TPSA) is 95.5 Å². The molecule has 108 valence electrons. The average molecular weight is 270 g/mol. The van der Waals surface area contributed by atoms with Crippen LogP contribution in [0.4, 0.5) is 0 Å². The number of carbonyl (C=O) groups excluding carboxylic acids is 2. The number of amides is 2. The van der Waals surface area contributed by atoms with Crippen LogP contribution in [0.25, 0.3) is 0 Å². The van der Waals surface area contributed by atoms with Crippen molar-refractivity contribution in [1.82, 2.24) is 10.6 Å². The van der Waals surface area contributed by atoms with Crippen molar-refractivity contribution in [1.29, 1.82) is 0 Å². The molecule has 6 nitrogen and oxygen atoms in total. The predicted molar refractivity (Wildman–Crippen MR) is 69.4 cm³/mol. The molecule has 1 fully saturated rings. The summed E-state index contributed by atoms with van der Waals surface area (Å²) < 4.78 is 0. The Balaban J connectivity index is 2.33. The minimum Gasteiger partial charge on any atom is -0.480 e. The van der Waals surface area contributed by atoms with Crippen LogP contribution in [0.15, 0.2) is 0 Å². The van der Waals surface area contributed by atoms with E-state index in [4.69, 9.17) is 5.11 Å². The number of hydrogen-bond acceptors (Lipinski definition) is 3. The number of carboxylic acid groups (broad SMARTS) is 1. The van der Waals surface area contributed by atoms with E-state index in [1.807, 2.05) is 0 Å². The van der Waals surface area contributed by atoms with Crippen molar-refractivity contribution >= 4 is 17.8 Å². The van der Waals surface area contributed by atoms with Crippen molar-refractivity contribution in [3.63, 3.8) is 0 Å². The third-order valence-corrected chi connectivity index (χ3v) is 3.31. The molecule has 0 unspecified atom stereocenters. The zero-order valence-electron chi connectivity index (χ0n) is 11.7. The van der Waals surface area contributed by atoms with Crippen LogP contribution in [0.5, 0.6) is 0 Å². The lowest BCUT2D eigenvalue weighted by molar-refractivity contribution is -0.151. The Morgan fingerprint density at radius 2 is 1.79 bits per heavy atom. The molecule has 1 saturated carbocycles. The second kappa shape index (κ2) is 5.59. The van der Waals surface area contributed by atoms with Crippen molar-refractivity contribution in [2.45, 2.75) is 52.0 Å². The Hall–Kier alpha value is -1.59. The molecule has 1 aliphatic carbocycles. The smallest absolute Gasteiger partial charge is 0.329 e. The molecule has 0 aromatic rings. The molecule has 0 radical (unpaired) electrons. The second-order valence-electron chi connectivity index (χ2n) is 6.04. The summed E-state index contributed by atoms with van der Waals surface area (Å²) in [4.78, 5) is 34.3. The van der Waals surface area contributed by atoms with E-state index in [-0.39, 0.29) is 24.8 Å². The van der Waals surface area contributed by atoms with E-state index in [1.165, 1.54) is 0 Å². The summed E-state index contributed by atoms with van der Waals surface area (Å²) in [6, 6.07) is 0. The zero-order chi connectivity index (χ0) is 14.7. The first kappa shape index (κ1) is 15.5. The average Bonchev–Trinajstić information content (AvgIpc) is 2.21. The van der Waals surface area contributed by atoms with Crippen molar-refractivity contribution in [2.24, 2.45) is 5.41 Å². The number of carbonyl (C=O) groups is 3. The molecule has 1 rings (SSSR count). The molecule has 19 heavy (non-hydrogen) atoms. The molecule has 1 aliphatic rings. The molecular weight excluding hydrogens is 248 g/mol. The molecule has 0 aromatic carbocycles. The van der Waals surface area contributed by atoms with Gasteiger partial charge in [-0.25, -0.2) is 4.79 Å². The summed E-state index contributed by atoms with van der Waals surface area (Å²) in [7, 11) is 0. The SMILES string of the molecule is CC(C)(C)C(=O)NCCC(=O)NC1(C(=O)O)CCC1. The van der Waals surface area contributed by atoms with E-state index in [0.29, 0.717) is 12.8 Å². The Labute approximate surface area is 112 Å². The van der Waals surface area contributed by atoms with Gasteiger partial charge in [0.15, 0.2) is 0 Å². The van der Waals surface area contributed by atoms with Gasteiger partial charge in [-0.15, -0.1) is 0 Å². The molecule has 6 heteroatoms. The molecular formula is C13H22N2O4. The van der Waals surface area contributed by atoms with Crippen LogP contribution in [-0.4, -0.2) is 35.0 Å². The summed E-state index contributed by atoms with van der Waals surface area (Å²) >= 11 is 0. The van der Waals surface area contributed by atoms with Gasteiger partial charge < -0.3 is 15.7 Å². The van der Waals surface area contributed by atoms with Crippen LogP contribution in [-0.2, 0) is 14.4 Å². The van der Waals surface area contributed by atoms with Crippen LogP contribution in [0.1, 0.15) is 46.5 Å². The third-order valence-electron chi connectivity index (χ3n) is 3.31. The summed E-state index contributed by atoms with van der Waals surface area (Å²) in [6.45, 7) is 5.58. The van der Waals surface area contributed by atoms with Gasteiger partial charge in [0, 0.05) is 18.4 Å². The summed E-state index contributed by atoms with van der Waals surface area (Å²) in [6.07, 6.45) is 1.86. The van der Waals surface area contributed by atoms with E-state index >= 15 is 0 Å². The Bertz CT molecular complexity index is 381. The van der Waals surface area contributed by atoms with Crippen LogP contribution >= 0.6 is 0 Å². The highest BCUT2D eigenvalue weighted by Crippen LogP contribution is 2.32. The van der Waals surface area contributed by atoms with Gasteiger partial charge in [-0.3, -0.25) is 9.59 Å². The molecule has 0 atom stereocenters. The maximum Gasteiger partial charge on any atom is 0.329 e. The first-order chi connectivity index (χ1) is 8.67. The van der Waals surface area contributed by atoms with Crippen LogP contribution in [0.3, 0.4) is 0 Å². The van der Waals surface area contributed by atoms with Gasteiger partial charge in [0.25, 0.3) is 0 Å². The van der Waals surface area contributed by atoms with Crippen LogP contribution in [0, 0.1) is 5.41 Å². The number of nitrogens with one attached hydrogen (secondary N) is 2. The van der Waals surface area contributed by atoms with E-state index < -0.39 is 16.9 Å². The lowest BCUT2D eigenvalue weighted by atomic mass is 9.76.